The first-order valence-corrected chi connectivity index (χ1v) is 3.46. The highest BCUT2D eigenvalue weighted by atomic mass is 32.2. The highest BCUT2D eigenvalue weighted by Gasteiger charge is 2.16. The van der Waals surface area contributed by atoms with Gasteiger partial charge in [0, 0.05) is 12.3 Å². The van der Waals surface area contributed by atoms with E-state index in [0.717, 1.165) is 5.75 Å². The first-order valence-electron chi connectivity index (χ1n) is 2.47. The maximum absolute atomic E-state index is 10.6. The number of carbonyl (C=O) groups is 1. The summed E-state index contributed by atoms with van der Waals surface area (Å²) in [6.45, 7) is 0.655. The Morgan fingerprint density at radius 1 is 1.78 bits per heavy atom. The number of carbonyl (C=O) groups excluding carboxylic acids is 1. The van der Waals surface area contributed by atoms with Crippen molar-refractivity contribution in [1.82, 2.24) is 5.32 Å². The van der Waals surface area contributed by atoms with Crippen molar-refractivity contribution >= 4 is 22.7 Å². The normalized spacial score (nSPS) is 24.0. The van der Waals surface area contributed by atoms with Crippen molar-refractivity contribution in [2.45, 2.75) is 0 Å². The quantitative estimate of drug-likeness (QED) is 0.362. The maximum Gasteiger partial charge on any atom is 0.279 e. The number of nitrogens with zero attached hydrogens (tertiary/aromatic N) is 1. The molecule has 0 saturated carbocycles. The molecule has 0 bridgehead atoms. The molecule has 0 radical (unpaired) electrons. The lowest BCUT2D eigenvalue weighted by atomic mass is 10.6. The third kappa shape index (κ3) is 1.35. The van der Waals surface area contributed by atoms with Crippen molar-refractivity contribution < 1.29 is 10.0 Å². The third-order valence-corrected chi connectivity index (χ3v) is 1.86. The lowest BCUT2D eigenvalue weighted by Crippen LogP contribution is -2.36. The van der Waals surface area contributed by atoms with E-state index in [9.17, 15) is 4.79 Å². The zero-order valence-corrected chi connectivity index (χ0v) is 5.44. The number of oxime groups is 1. The highest BCUT2D eigenvalue weighted by Crippen LogP contribution is 2.06. The molecule has 2 N–H and O–H groups in total. The first kappa shape index (κ1) is 6.41. The van der Waals surface area contributed by atoms with Gasteiger partial charge >= 0.3 is 0 Å². The Hall–Kier alpha value is -0.710. The van der Waals surface area contributed by atoms with E-state index in [-0.39, 0.29) is 11.0 Å². The van der Waals surface area contributed by atoms with Gasteiger partial charge in [-0.25, -0.2) is 0 Å². The van der Waals surface area contributed by atoms with Crippen molar-refractivity contribution in [3.8, 4) is 0 Å². The van der Waals surface area contributed by atoms with Crippen molar-refractivity contribution in [3.63, 3.8) is 0 Å². The van der Waals surface area contributed by atoms with E-state index in [1.54, 1.807) is 0 Å². The summed E-state index contributed by atoms with van der Waals surface area (Å²) < 4.78 is 0. The number of amides is 1. The van der Waals surface area contributed by atoms with Crippen molar-refractivity contribution in [2.24, 2.45) is 5.16 Å². The van der Waals surface area contributed by atoms with E-state index >= 15 is 0 Å². The number of hydrogen-bond acceptors (Lipinski definition) is 4. The molecule has 1 aliphatic heterocycles. The van der Waals surface area contributed by atoms with Gasteiger partial charge in [-0.2, -0.15) is 0 Å². The van der Waals surface area contributed by atoms with E-state index in [2.05, 4.69) is 10.5 Å². The number of thioether (sulfide) groups is 1. The fourth-order valence-electron chi connectivity index (χ4n) is 0.528. The van der Waals surface area contributed by atoms with Gasteiger partial charge in [0.15, 0.2) is 0 Å². The molecule has 0 atom stereocenters. The second-order valence-electron chi connectivity index (χ2n) is 1.51. The average molecular weight is 146 g/mol. The molecule has 1 amide bonds. The smallest absolute Gasteiger partial charge is 0.279 e. The number of nitrogens with one attached hydrogen (secondary N) is 1. The third-order valence-electron chi connectivity index (χ3n) is 0.911. The molecule has 0 unspecified atom stereocenters. The lowest BCUT2D eigenvalue weighted by molar-refractivity contribution is -0.114. The molecule has 0 aromatic carbocycles. The maximum atomic E-state index is 10.6. The molecule has 5 heteroatoms. The SMILES string of the molecule is O=C1NCCSC1=NO. The molecule has 4 nitrogen and oxygen atoms in total. The topological polar surface area (TPSA) is 61.7 Å². The van der Waals surface area contributed by atoms with Gasteiger partial charge in [0.2, 0.25) is 5.04 Å². The van der Waals surface area contributed by atoms with Crippen LogP contribution in [0.4, 0.5) is 0 Å². The summed E-state index contributed by atoms with van der Waals surface area (Å²) in [7, 11) is 0. The predicted molar refractivity (Wildman–Crippen MR) is 34.7 cm³/mol. The fourth-order valence-corrected chi connectivity index (χ4v) is 1.19. The Kier molecular flexibility index (Phi) is 1.94. The summed E-state index contributed by atoms with van der Waals surface area (Å²) in [6.07, 6.45) is 0. The van der Waals surface area contributed by atoms with Gasteiger partial charge in [0.05, 0.1) is 0 Å². The monoisotopic (exact) mass is 146 g/mol. The standard InChI is InChI=1S/C4H6N2O2S/c7-3-4(6-8)9-2-1-5-3/h8H,1-2H2,(H,5,7). The molecular weight excluding hydrogens is 140 g/mol. The summed E-state index contributed by atoms with van der Waals surface area (Å²) in [5.41, 5.74) is 0. The van der Waals surface area contributed by atoms with Crippen LogP contribution in [0.15, 0.2) is 5.16 Å². The first-order chi connectivity index (χ1) is 4.34. The molecule has 1 rings (SSSR count). The molecule has 50 valence electrons. The van der Waals surface area contributed by atoms with Crippen LogP contribution in [0.25, 0.3) is 0 Å². The van der Waals surface area contributed by atoms with Crippen LogP contribution in [0.3, 0.4) is 0 Å². The van der Waals surface area contributed by atoms with Gasteiger partial charge in [0.25, 0.3) is 5.91 Å². The molecule has 1 heterocycles. The van der Waals surface area contributed by atoms with Crippen molar-refractivity contribution in [3.05, 3.63) is 0 Å². The van der Waals surface area contributed by atoms with Crippen LogP contribution in [-0.2, 0) is 4.79 Å². The molecule has 1 fully saturated rings. The van der Waals surface area contributed by atoms with Gasteiger partial charge in [-0.3, -0.25) is 4.79 Å². The van der Waals surface area contributed by atoms with Crippen LogP contribution in [0.1, 0.15) is 0 Å². The highest BCUT2D eigenvalue weighted by molar-refractivity contribution is 8.15. The fraction of sp³-hybridized carbons (Fsp3) is 0.500. The second kappa shape index (κ2) is 2.72. The van der Waals surface area contributed by atoms with Crippen molar-refractivity contribution in [2.75, 3.05) is 12.3 Å². The summed E-state index contributed by atoms with van der Waals surface area (Å²) in [5, 5.41) is 13.7. The molecule has 1 aliphatic rings. The Balaban J connectivity index is 2.60. The van der Waals surface area contributed by atoms with Gasteiger partial charge in [-0.1, -0.05) is 16.9 Å². The minimum atomic E-state index is -0.284. The molecule has 0 aromatic rings. The Morgan fingerprint density at radius 3 is 3.00 bits per heavy atom. The Bertz CT molecular complexity index is 157. The Morgan fingerprint density at radius 2 is 2.56 bits per heavy atom. The van der Waals surface area contributed by atoms with Crippen LogP contribution in [0.2, 0.25) is 0 Å². The minimum Gasteiger partial charge on any atom is -0.410 e. The van der Waals surface area contributed by atoms with Crippen LogP contribution in [0, 0.1) is 0 Å². The summed E-state index contributed by atoms with van der Waals surface area (Å²) in [4.78, 5) is 10.6. The zero-order chi connectivity index (χ0) is 6.69. The molecule has 0 aromatic heterocycles. The predicted octanol–water partition coefficient (Wildman–Crippen LogP) is -0.363. The van der Waals surface area contributed by atoms with E-state index in [1.165, 1.54) is 11.8 Å². The average Bonchev–Trinajstić information content (AvgIpc) is 1.89. The Labute approximate surface area is 56.3 Å². The van der Waals surface area contributed by atoms with Gasteiger partial charge in [0.1, 0.15) is 0 Å². The van der Waals surface area contributed by atoms with E-state index in [0.29, 0.717) is 6.54 Å². The van der Waals surface area contributed by atoms with E-state index in [1.807, 2.05) is 0 Å². The summed E-state index contributed by atoms with van der Waals surface area (Å²) in [5.74, 6) is 0.499. The summed E-state index contributed by atoms with van der Waals surface area (Å²) >= 11 is 1.26. The van der Waals surface area contributed by atoms with Crippen LogP contribution in [-0.4, -0.2) is 28.5 Å². The molecule has 0 spiro atoms. The van der Waals surface area contributed by atoms with Gasteiger partial charge in [-0.15, -0.1) is 0 Å². The van der Waals surface area contributed by atoms with E-state index < -0.39 is 0 Å². The molecule has 9 heavy (non-hydrogen) atoms. The van der Waals surface area contributed by atoms with Crippen molar-refractivity contribution in [1.29, 1.82) is 0 Å². The van der Waals surface area contributed by atoms with Gasteiger partial charge < -0.3 is 10.5 Å². The van der Waals surface area contributed by atoms with Crippen LogP contribution < -0.4 is 5.32 Å². The molecule has 1 saturated heterocycles. The number of hydrogen-bond donors (Lipinski definition) is 2. The largest absolute Gasteiger partial charge is 0.410 e. The molecular formula is C4H6N2O2S. The van der Waals surface area contributed by atoms with Crippen LogP contribution >= 0.6 is 11.8 Å². The van der Waals surface area contributed by atoms with E-state index in [4.69, 9.17) is 5.21 Å². The zero-order valence-electron chi connectivity index (χ0n) is 4.63. The second-order valence-corrected chi connectivity index (χ2v) is 2.59. The lowest BCUT2D eigenvalue weighted by Gasteiger charge is -2.10. The molecule has 0 aliphatic carbocycles. The number of rotatable bonds is 0. The minimum absolute atomic E-state index is 0.154. The summed E-state index contributed by atoms with van der Waals surface area (Å²) in [6, 6.07) is 0. The van der Waals surface area contributed by atoms with Crippen LogP contribution in [0.5, 0.6) is 0 Å². The van der Waals surface area contributed by atoms with Gasteiger partial charge in [-0.05, 0) is 0 Å².